The Kier molecular flexibility index (Phi) is 27.0. The molecule has 1 unspecified atom stereocenters. The highest BCUT2D eigenvalue weighted by Gasteiger charge is 2.32. The lowest BCUT2D eigenvalue weighted by Gasteiger charge is -2.27. The number of alkyl halides is 1. The van der Waals surface area contributed by atoms with E-state index in [0.717, 1.165) is 50.5 Å². The predicted octanol–water partition coefficient (Wildman–Crippen LogP) is 3.91. The largest absolute Gasteiger partial charge is 0.480 e. The molecule has 0 fully saturated rings. The van der Waals surface area contributed by atoms with E-state index >= 15 is 0 Å². The van der Waals surface area contributed by atoms with Gasteiger partial charge in [0.2, 0.25) is 0 Å². The van der Waals surface area contributed by atoms with Gasteiger partial charge in [-0.1, -0.05) is 56.5 Å². The van der Waals surface area contributed by atoms with Crippen molar-refractivity contribution in [3.8, 4) is 0 Å². The van der Waals surface area contributed by atoms with Crippen molar-refractivity contribution in [1.29, 1.82) is 0 Å². The van der Waals surface area contributed by atoms with Crippen LogP contribution in [0.4, 0.5) is 0 Å². The number of likely N-dealkylation sites (N-methyl/N-ethyl adjacent to an activating group) is 2. The lowest BCUT2D eigenvalue weighted by molar-refractivity contribution is -0.144. The number of hydrogen-bond acceptors (Lipinski definition) is 6. The van der Waals surface area contributed by atoms with Gasteiger partial charge in [-0.05, 0) is 65.4 Å². The van der Waals surface area contributed by atoms with Crippen LogP contribution in [0.3, 0.4) is 0 Å². The van der Waals surface area contributed by atoms with Crippen molar-refractivity contribution in [2.45, 2.75) is 58.3 Å². The van der Waals surface area contributed by atoms with Crippen LogP contribution in [0.5, 0.6) is 0 Å². The molecule has 0 saturated carbocycles. The molecule has 33 heavy (non-hydrogen) atoms. The van der Waals surface area contributed by atoms with Crippen LogP contribution in [0.15, 0.2) is 30.3 Å². The summed E-state index contributed by atoms with van der Waals surface area (Å²) in [6.07, 6.45) is 5.30. The summed E-state index contributed by atoms with van der Waals surface area (Å²) in [5.74, 6) is -0.859. The van der Waals surface area contributed by atoms with Gasteiger partial charge in [-0.15, -0.1) is 11.6 Å². The van der Waals surface area contributed by atoms with Crippen LogP contribution in [0.25, 0.3) is 0 Å². The smallest absolute Gasteiger partial charge is 0.448 e. The van der Waals surface area contributed by atoms with Crippen LogP contribution in [0.1, 0.15) is 46.0 Å². The topological polar surface area (TPSA) is 110 Å². The van der Waals surface area contributed by atoms with Gasteiger partial charge in [-0.25, -0.2) is 0 Å². The molecule has 0 radical (unpaired) electrons. The second-order valence-electron chi connectivity index (χ2n) is 7.83. The fourth-order valence-electron chi connectivity index (χ4n) is 2.63. The van der Waals surface area contributed by atoms with Crippen molar-refractivity contribution >= 4 is 36.3 Å². The minimum Gasteiger partial charge on any atom is -0.480 e. The summed E-state index contributed by atoms with van der Waals surface area (Å²) in [4.78, 5) is 15.9. The Balaban J connectivity index is -0.000000560. The maximum Gasteiger partial charge on any atom is 0.448 e. The Hall–Kier alpha value is -0.865. The fraction of sp³-hybridized carbons (Fsp3) is 0.696. The van der Waals surface area contributed by atoms with E-state index in [-0.39, 0.29) is 0 Å². The molecule has 0 saturated heterocycles. The zero-order valence-electron chi connectivity index (χ0n) is 21.3. The Morgan fingerprint density at radius 1 is 1.03 bits per heavy atom. The van der Waals surface area contributed by atoms with Gasteiger partial charge in [-0.2, -0.15) is 0 Å². The first-order valence-corrected chi connectivity index (χ1v) is 12.5. The van der Waals surface area contributed by atoms with Crippen LogP contribution in [-0.4, -0.2) is 90.2 Å². The van der Waals surface area contributed by atoms with Crippen molar-refractivity contribution in [2.24, 2.45) is 5.73 Å². The zero-order valence-corrected chi connectivity index (χ0v) is 22.8. The van der Waals surface area contributed by atoms with Gasteiger partial charge >= 0.3 is 13.1 Å². The SMILES string of the molecule is CB(O)O.CCCCC(N)(CCCN(CC)CCN(C)C)C(=O)O.CCl.Clc1ccccc1. The molecule has 0 amide bonds. The molecule has 1 rings (SSSR count). The standard InChI is InChI=1S/C15H33N3O2.C6H5Cl.CH5BO2.CH3Cl/c1-5-7-9-15(16,14(19)20)10-8-11-18(6-2)13-12-17(3)4;7-6-4-2-1-3-5-6;1-2(3)4;1-2/h5-13,16H2,1-4H3,(H,19,20);1-5H;3-4H,1H3;1H3. The highest BCUT2D eigenvalue weighted by molar-refractivity contribution is 6.38. The molecule has 5 N–H and O–H groups in total. The molecule has 1 aromatic carbocycles. The number of nitrogens with zero attached hydrogens (tertiary/aromatic N) is 2. The van der Waals surface area contributed by atoms with Crippen LogP contribution in [0, 0.1) is 0 Å². The number of carboxylic acids is 1. The molecule has 10 heteroatoms. The van der Waals surface area contributed by atoms with Crippen LogP contribution in [0.2, 0.25) is 11.8 Å². The summed E-state index contributed by atoms with van der Waals surface area (Å²) in [5.41, 5.74) is 5.01. The number of unbranched alkanes of at least 4 members (excludes halogenated alkanes) is 1. The summed E-state index contributed by atoms with van der Waals surface area (Å²) < 4.78 is 0. The van der Waals surface area contributed by atoms with Gasteiger partial charge in [0.25, 0.3) is 0 Å². The van der Waals surface area contributed by atoms with Gasteiger partial charge in [0.05, 0.1) is 0 Å². The fourth-order valence-corrected chi connectivity index (χ4v) is 2.78. The van der Waals surface area contributed by atoms with E-state index < -0.39 is 18.6 Å². The van der Waals surface area contributed by atoms with Gasteiger partial charge in [0.15, 0.2) is 0 Å². The first-order chi connectivity index (χ1) is 15.5. The Morgan fingerprint density at radius 3 is 1.85 bits per heavy atom. The first-order valence-electron chi connectivity index (χ1n) is 11.3. The third kappa shape index (κ3) is 25.6. The van der Waals surface area contributed by atoms with Crippen molar-refractivity contribution in [3.63, 3.8) is 0 Å². The van der Waals surface area contributed by atoms with Gasteiger partial charge in [0, 0.05) is 24.5 Å². The molecule has 1 atom stereocenters. The quantitative estimate of drug-likeness (QED) is 0.249. The Labute approximate surface area is 212 Å². The maximum atomic E-state index is 11.3. The van der Waals surface area contributed by atoms with Crippen molar-refractivity contribution in [3.05, 3.63) is 35.4 Å². The van der Waals surface area contributed by atoms with Gasteiger partial charge in [-0.3, -0.25) is 4.79 Å². The minimum absolute atomic E-state index is 0.556. The van der Waals surface area contributed by atoms with Crippen LogP contribution >= 0.6 is 23.2 Å². The maximum absolute atomic E-state index is 11.3. The number of carbonyl (C=O) groups is 1. The normalized spacial score (nSPS) is 11.8. The van der Waals surface area contributed by atoms with E-state index in [4.69, 9.17) is 27.4 Å². The highest BCUT2D eigenvalue weighted by Crippen LogP contribution is 2.18. The number of halogens is 2. The number of carboxylic acid groups (broad SMARTS) is 1. The molecule has 0 aliphatic heterocycles. The summed E-state index contributed by atoms with van der Waals surface area (Å²) in [6.45, 7) is 9.43. The number of benzene rings is 1. The van der Waals surface area contributed by atoms with Crippen molar-refractivity contribution in [2.75, 3.05) is 46.7 Å². The molecule has 0 heterocycles. The van der Waals surface area contributed by atoms with E-state index in [1.165, 1.54) is 13.2 Å². The second kappa shape index (κ2) is 24.3. The summed E-state index contributed by atoms with van der Waals surface area (Å²) in [7, 11) is 2.96. The number of hydrogen-bond donors (Lipinski definition) is 4. The molecule has 194 valence electrons. The summed E-state index contributed by atoms with van der Waals surface area (Å²) >= 11 is 10.2. The second-order valence-corrected chi connectivity index (χ2v) is 8.27. The van der Waals surface area contributed by atoms with Crippen molar-refractivity contribution in [1.82, 2.24) is 9.80 Å². The highest BCUT2D eigenvalue weighted by atomic mass is 35.5. The molecular weight excluding hydrogens is 464 g/mol. The molecule has 0 aromatic heterocycles. The summed E-state index contributed by atoms with van der Waals surface area (Å²) in [6, 6.07) is 9.44. The molecule has 0 aliphatic carbocycles. The predicted molar refractivity (Wildman–Crippen MR) is 143 cm³/mol. The molecule has 7 nitrogen and oxygen atoms in total. The first kappa shape index (κ1) is 36.7. The minimum atomic E-state index is -1.17. The van der Waals surface area contributed by atoms with Crippen LogP contribution in [-0.2, 0) is 4.79 Å². The molecule has 0 aliphatic rings. The number of aliphatic carboxylic acids is 1. The summed E-state index contributed by atoms with van der Waals surface area (Å²) in [5, 5.41) is 25.3. The molecule has 0 bridgehead atoms. The zero-order chi connectivity index (χ0) is 26.3. The van der Waals surface area contributed by atoms with Gasteiger partial charge in [0.1, 0.15) is 5.54 Å². The van der Waals surface area contributed by atoms with E-state index in [1.54, 1.807) is 0 Å². The number of nitrogens with two attached hydrogens (primary N) is 1. The molecule has 1 aromatic rings. The molecular formula is C23H46BCl2N3O4. The van der Waals surface area contributed by atoms with E-state index in [9.17, 15) is 9.90 Å². The average molecular weight is 510 g/mol. The van der Waals surface area contributed by atoms with Crippen molar-refractivity contribution < 1.29 is 19.9 Å². The van der Waals surface area contributed by atoms with E-state index in [0.29, 0.717) is 12.8 Å². The third-order valence-corrected chi connectivity index (χ3v) is 4.80. The number of rotatable bonds is 12. The Morgan fingerprint density at radius 2 is 1.52 bits per heavy atom. The Bertz CT molecular complexity index is 555. The van der Waals surface area contributed by atoms with E-state index in [1.807, 2.05) is 30.3 Å². The van der Waals surface area contributed by atoms with Gasteiger partial charge < -0.3 is 30.7 Å². The lowest BCUT2D eigenvalue weighted by atomic mass is 9.89. The lowest BCUT2D eigenvalue weighted by Crippen LogP contribution is -2.48. The average Bonchev–Trinajstić information content (AvgIpc) is 2.76. The van der Waals surface area contributed by atoms with E-state index in [2.05, 4.69) is 49.3 Å². The third-order valence-electron chi connectivity index (χ3n) is 4.54. The van der Waals surface area contributed by atoms with Crippen LogP contribution < -0.4 is 5.73 Å². The molecule has 0 spiro atoms. The monoisotopic (exact) mass is 509 g/mol.